The predicted octanol–water partition coefficient (Wildman–Crippen LogP) is -0.584. The summed E-state index contributed by atoms with van der Waals surface area (Å²) in [5.41, 5.74) is 6.71. The van der Waals surface area contributed by atoms with Crippen molar-refractivity contribution >= 4 is 11.6 Å². The van der Waals surface area contributed by atoms with E-state index in [1.165, 1.54) is 0 Å². The summed E-state index contributed by atoms with van der Waals surface area (Å²) in [5.74, 6) is 0.0378. The van der Waals surface area contributed by atoms with Crippen LogP contribution in [-0.4, -0.2) is 52.8 Å². The van der Waals surface area contributed by atoms with Gasteiger partial charge in [-0.3, -0.25) is 9.48 Å². The lowest BCUT2D eigenvalue weighted by Crippen LogP contribution is -2.52. The van der Waals surface area contributed by atoms with Gasteiger partial charge < -0.3 is 15.5 Å². The topological polar surface area (TPSA) is 67.4 Å². The Bertz CT molecular complexity index is 392. The highest BCUT2D eigenvalue weighted by Crippen LogP contribution is 2.14. The van der Waals surface area contributed by atoms with Crippen LogP contribution >= 0.6 is 0 Å². The number of amides is 1. The molecule has 0 spiro atoms. The molecule has 1 aliphatic rings. The minimum absolute atomic E-state index is 0.0378. The lowest BCUT2D eigenvalue weighted by Gasteiger charge is -2.36. The first-order valence-electron chi connectivity index (χ1n) is 5.86. The normalized spacial score (nSPS) is 18.3. The van der Waals surface area contributed by atoms with Gasteiger partial charge in [-0.2, -0.15) is 5.10 Å². The van der Waals surface area contributed by atoms with E-state index >= 15 is 0 Å². The number of nitrogens with two attached hydrogens (primary N) is 1. The summed E-state index contributed by atoms with van der Waals surface area (Å²) in [7, 11) is 1.90. The maximum Gasteiger partial charge on any atom is 0.239 e. The predicted molar refractivity (Wildman–Crippen MR) is 65.7 cm³/mol. The average Bonchev–Trinajstić information content (AvgIpc) is 2.75. The Morgan fingerprint density at radius 1 is 1.41 bits per heavy atom. The van der Waals surface area contributed by atoms with E-state index < -0.39 is 6.04 Å². The van der Waals surface area contributed by atoms with E-state index in [0.717, 1.165) is 31.9 Å². The number of anilines is 1. The molecule has 1 aliphatic heterocycles. The van der Waals surface area contributed by atoms with Crippen LogP contribution in [0.1, 0.15) is 6.92 Å². The zero-order chi connectivity index (χ0) is 12.4. The van der Waals surface area contributed by atoms with E-state index in [9.17, 15) is 4.79 Å². The molecule has 1 amide bonds. The van der Waals surface area contributed by atoms with Gasteiger partial charge in [0.2, 0.25) is 5.91 Å². The number of carbonyl (C=O) groups is 1. The largest absolute Gasteiger partial charge is 0.365 e. The van der Waals surface area contributed by atoms with Crippen molar-refractivity contribution in [1.82, 2.24) is 14.7 Å². The number of piperazine rings is 1. The van der Waals surface area contributed by atoms with Crippen molar-refractivity contribution in [2.75, 3.05) is 31.1 Å². The van der Waals surface area contributed by atoms with E-state index in [1.807, 2.05) is 24.3 Å². The molecule has 0 aliphatic carbocycles. The van der Waals surface area contributed by atoms with Gasteiger partial charge >= 0.3 is 0 Å². The van der Waals surface area contributed by atoms with E-state index in [4.69, 9.17) is 5.73 Å². The summed E-state index contributed by atoms with van der Waals surface area (Å²) in [6, 6.07) is -0.403. The molecular formula is C11H19N5O. The zero-order valence-corrected chi connectivity index (χ0v) is 10.3. The number of hydrogen-bond donors (Lipinski definition) is 1. The van der Waals surface area contributed by atoms with Gasteiger partial charge in [0.05, 0.1) is 17.9 Å². The van der Waals surface area contributed by atoms with Gasteiger partial charge in [0.15, 0.2) is 0 Å². The van der Waals surface area contributed by atoms with Crippen molar-refractivity contribution in [3.8, 4) is 0 Å². The first-order valence-corrected chi connectivity index (χ1v) is 5.86. The molecule has 2 rings (SSSR count). The molecule has 0 bridgehead atoms. The summed E-state index contributed by atoms with van der Waals surface area (Å²) >= 11 is 0. The molecular weight excluding hydrogens is 218 g/mol. The number of rotatable bonds is 2. The van der Waals surface area contributed by atoms with Gasteiger partial charge in [-0.15, -0.1) is 0 Å². The molecule has 6 nitrogen and oxygen atoms in total. The van der Waals surface area contributed by atoms with Crippen molar-refractivity contribution < 1.29 is 4.79 Å². The fourth-order valence-electron chi connectivity index (χ4n) is 2.04. The van der Waals surface area contributed by atoms with Crippen molar-refractivity contribution in [3.05, 3.63) is 12.4 Å². The quantitative estimate of drug-likeness (QED) is 0.747. The van der Waals surface area contributed by atoms with Crippen molar-refractivity contribution in [1.29, 1.82) is 0 Å². The van der Waals surface area contributed by atoms with Crippen molar-refractivity contribution in [2.45, 2.75) is 13.0 Å². The highest BCUT2D eigenvalue weighted by Gasteiger charge is 2.23. The molecule has 0 radical (unpaired) electrons. The molecule has 2 heterocycles. The third kappa shape index (κ3) is 2.58. The molecule has 6 heteroatoms. The molecule has 94 valence electrons. The maximum absolute atomic E-state index is 11.7. The van der Waals surface area contributed by atoms with Gasteiger partial charge in [-0.1, -0.05) is 0 Å². The second-order valence-corrected chi connectivity index (χ2v) is 4.47. The first-order chi connectivity index (χ1) is 8.08. The van der Waals surface area contributed by atoms with E-state index in [2.05, 4.69) is 10.00 Å². The standard InChI is InChI=1S/C11H19N5O/c1-9(12)11(17)16-5-3-15(4-6-16)10-7-13-14(2)8-10/h7-9H,3-6,12H2,1-2H3. The van der Waals surface area contributed by atoms with Crippen LogP contribution in [0, 0.1) is 0 Å². The lowest BCUT2D eigenvalue weighted by atomic mass is 10.2. The molecule has 1 saturated heterocycles. The van der Waals surface area contributed by atoms with Gasteiger partial charge in [0.1, 0.15) is 0 Å². The molecule has 0 saturated carbocycles. The van der Waals surface area contributed by atoms with Crippen LogP contribution in [0.5, 0.6) is 0 Å². The Hall–Kier alpha value is -1.56. The third-order valence-electron chi connectivity index (χ3n) is 3.04. The molecule has 1 aromatic rings. The minimum atomic E-state index is -0.403. The van der Waals surface area contributed by atoms with E-state index in [0.29, 0.717) is 0 Å². The van der Waals surface area contributed by atoms with Crippen LogP contribution in [-0.2, 0) is 11.8 Å². The molecule has 1 fully saturated rings. The molecule has 1 aromatic heterocycles. The maximum atomic E-state index is 11.7. The summed E-state index contributed by atoms with van der Waals surface area (Å²) in [4.78, 5) is 15.8. The molecule has 2 N–H and O–H groups in total. The Morgan fingerprint density at radius 3 is 2.53 bits per heavy atom. The monoisotopic (exact) mass is 237 g/mol. The summed E-state index contributed by atoms with van der Waals surface area (Å²) in [6.07, 6.45) is 3.84. The smallest absolute Gasteiger partial charge is 0.239 e. The van der Waals surface area contributed by atoms with Gasteiger partial charge in [0, 0.05) is 39.4 Å². The van der Waals surface area contributed by atoms with Gasteiger partial charge in [-0.25, -0.2) is 0 Å². The lowest BCUT2D eigenvalue weighted by molar-refractivity contribution is -0.132. The minimum Gasteiger partial charge on any atom is -0.365 e. The Labute approximate surface area is 101 Å². The number of aromatic nitrogens is 2. The van der Waals surface area contributed by atoms with Gasteiger partial charge in [-0.05, 0) is 6.92 Å². The number of hydrogen-bond acceptors (Lipinski definition) is 4. The highest BCUT2D eigenvalue weighted by atomic mass is 16.2. The Kier molecular flexibility index (Phi) is 3.33. The van der Waals surface area contributed by atoms with Crippen LogP contribution in [0.3, 0.4) is 0 Å². The van der Waals surface area contributed by atoms with Crippen LogP contribution in [0.15, 0.2) is 12.4 Å². The third-order valence-corrected chi connectivity index (χ3v) is 3.04. The van der Waals surface area contributed by atoms with Crippen LogP contribution in [0.4, 0.5) is 5.69 Å². The summed E-state index contributed by atoms with van der Waals surface area (Å²) in [5, 5.41) is 4.15. The Morgan fingerprint density at radius 2 is 2.06 bits per heavy atom. The second-order valence-electron chi connectivity index (χ2n) is 4.47. The summed E-state index contributed by atoms with van der Waals surface area (Å²) < 4.78 is 1.79. The number of carbonyl (C=O) groups excluding carboxylic acids is 1. The van der Waals surface area contributed by atoms with Crippen LogP contribution in [0.25, 0.3) is 0 Å². The van der Waals surface area contributed by atoms with E-state index in [1.54, 1.807) is 11.6 Å². The van der Waals surface area contributed by atoms with Crippen LogP contribution < -0.4 is 10.6 Å². The fourth-order valence-corrected chi connectivity index (χ4v) is 2.04. The fraction of sp³-hybridized carbons (Fsp3) is 0.636. The Balaban J connectivity index is 1.92. The highest BCUT2D eigenvalue weighted by molar-refractivity contribution is 5.81. The summed E-state index contributed by atoms with van der Waals surface area (Å²) in [6.45, 7) is 4.87. The van der Waals surface area contributed by atoms with Crippen molar-refractivity contribution in [2.24, 2.45) is 12.8 Å². The number of nitrogens with zero attached hydrogens (tertiary/aromatic N) is 4. The SMILES string of the molecule is CC(N)C(=O)N1CCN(c2cnn(C)c2)CC1. The molecule has 1 atom stereocenters. The zero-order valence-electron chi connectivity index (χ0n) is 10.3. The molecule has 0 aromatic carbocycles. The number of aryl methyl sites for hydroxylation is 1. The average molecular weight is 237 g/mol. The van der Waals surface area contributed by atoms with Crippen molar-refractivity contribution in [3.63, 3.8) is 0 Å². The molecule has 17 heavy (non-hydrogen) atoms. The second kappa shape index (κ2) is 4.75. The van der Waals surface area contributed by atoms with Crippen LogP contribution in [0.2, 0.25) is 0 Å². The van der Waals surface area contributed by atoms with Gasteiger partial charge in [0.25, 0.3) is 0 Å². The molecule has 1 unspecified atom stereocenters. The first kappa shape index (κ1) is 11.9. The van der Waals surface area contributed by atoms with E-state index in [-0.39, 0.29) is 5.91 Å².